The molecule has 0 bridgehead atoms. The first-order chi connectivity index (χ1) is 14.0. The molecule has 2 heterocycles. The number of hydrogen-bond donors (Lipinski definition) is 1. The van der Waals surface area contributed by atoms with E-state index in [0.717, 1.165) is 16.9 Å². The standard InChI is InChI=1S/C21H21ClN4O3/c1-25-16-6-4-3-5-15(16)24-19(25)11-23-21(28)13-9-20(27)26(12-13)17-10-14(22)7-8-18(17)29-2/h3-8,10,13H,9,11-12H2,1-2H3,(H,23,28). The average Bonchev–Trinajstić information content (AvgIpc) is 3.26. The quantitative estimate of drug-likeness (QED) is 0.699. The van der Waals surface area contributed by atoms with Crippen LogP contribution >= 0.6 is 11.6 Å². The van der Waals surface area contributed by atoms with Gasteiger partial charge in [-0.3, -0.25) is 9.59 Å². The topological polar surface area (TPSA) is 76.5 Å². The van der Waals surface area contributed by atoms with E-state index in [1.54, 1.807) is 23.1 Å². The molecule has 4 rings (SSSR count). The van der Waals surface area contributed by atoms with Crippen LogP contribution in [0.2, 0.25) is 5.02 Å². The van der Waals surface area contributed by atoms with Gasteiger partial charge in [0.05, 0.1) is 36.3 Å². The molecule has 0 aliphatic carbocycles. The van der Waals surface area contributed by atoms with Crippen LogP contribution in [0.1, 0.15) is 12.2 Å². The summed E-state index contributed by atoms with van der Waals surface area (Å²) in [4.78, 5) is 31.4. The Morgan fingerprint density at radius 2 is 2.10 bits per heavy atom. The highest BCUT2D eigenvalue weighted by Gasteiger charge is 2.36. The van der Waals surface area contributed by atoms with E-state index in [1.807, 2.05) is 35.9 Å². The summed E-state index contributed by atoms with van der Waals surface area (Å²) in [7, 11) is 3.46. The van der Waals surface area contributed by atoms with Gasteiger partial charge in [-0.15, -0.1) is 0 Å². The largest absolute Gasteiger partial charge is 0.495 e. The molecule has 2 amide bonds. The van der Waals surface area contributed by atoms with Crippen molar-refractivity contribution < 1.29 is 14.3 Å². The van der Waals surface area contributed by atoms with Crippen LogP contribution in [-0.2, 0) is 23.2 Å². The van der Waals surface area contributed by atoms with Crippen molar-refractivity contribution in [3.8, 4) is 5.75 Å². The number of nitrogens with one attached hydrogen (secondary N) is 1. The monoisotopic (exact) mass is 412 g/mol. The summed E-state index contributed by atoms with van der Waals surface area (Å²) in [5.74, 6) is 0.559. The Kier molecular flexibility index (Phi) is 5.15. The summed E-state index contributed by atoms with van der Waals surface area (Å²) in [5, 5.41) is 3.42. The van der Waals surface area contributed by atoms with Gasteiger partial charge in [-0.05, 0) is 30.3 Å². The number of carbonyl (C=O) groups excluding carboxylic acids is 2. The van der Waals surface area contributed by atoms with E-state index in [-0.39, 0.29) is 24.8 Å². The maximum absolute atomic E-state index is 12.7. The number of nitrogens with zero attached hydrogens (tertiary/aromatic N) is 3. The predicted octanol–water partition coefficient (Wildman–Crippen LogP) is 2.90. The summed E-state index contributed by atoms with van der Waals surface area (Å²) in [6, 6.07) is 12.9. The molecule has 0 radical (unpaired) electrons. The van der Waals surface area contributed by atoms with Crippen molar-refractivity contribution in [2.24, 2.45) is 13.0 Å². The molecule has 1 N–H and O–H groups in total. The summed E-state index contributed by atoms with van der Waals surface area (Å²) < 4.78 is 7.30. The summed E-state index contributed by atoms with van der Waals surface area (Å²) >= 11 is 6.08. The van der Waals surface area contributed by atoms with Crippen LogP contribution in [0.4, 0.5) is 5.69 Å². The minimum atomic E-state index is -0.444. The first-order valence-electron chi connectivity index (χ1n) is 9.30. The number of aryl methyl sites for hydroxylation is 1. The van der Waals surface area contributed by atoms with Gasteiger partial charge in [-0.1, -0.05) is 23.7 Å². The first-order valence-corrected chi connectivity index (χ1v) is 9.67. The van der Waals surface area contributed by atoms with Crippen LogP contribution in [0.15, 0.2) is 42.5 Å². The van der Waals surface area contributed by atoms with Crippen molar-refractivity contribution in [3.63, 3.8) is 0 Å². The Morgan fingerprint density at radius 3 is 2.86 bits per heavy atom. The van der Waals surface area contributed by atoms with Crippen LogP contribution < -0.4 is 15.0 Å². The Hall–Kier alpha value is -3.06. The lowest BCUT2D eigenvalue weighted by Gasteiger charge is -2.19. The van der Waals surface area contributed by atoms with Crippen LogP contribution in [0.5, 0.6) is 5.75 Å². The van der Waals surface area contributed by atoms with Gasteiger partial charge >= 0.3 is 0 Å². The number of para-hydroxylation sites is 2. The summed E-state index contributed by atoms with van der Waals surface area (Å²) in [6.07, 6.45) is 0.143. The number of fused-ring (bicyclic) bond motifs is 1. The van der Waals surface area contributed by atoms with E-state index in [1.165, 1.54) is 7.11 Å². The number of hydrogen-bond acceptors (Lipinski definition) is 4. The zero-order valence-corrected chi connectivity index (χ0v) is 16.9. The highest BCUT2D eigenvalue weighted by molar-refractivity contribution is 6.31. The fourth-order valence-corrected chi connectivity index (χ4v) is 3.82. The third kappa shape index (κ3) is 3.65. The van der Waals surface area contributed by atoms with Gasteiger partial charge < -0.3 is 19.5 Å². The van der Waals surface area contributed by atoms with E-state index in [0.29, 0.717) is 23.0 Å². The van der Waals surface area contributed by atoms with Crippen LogP contribution in [0.25, 0.3) is 11.0 Å². The molecule has 2 aromatic carbocycles. The summed E-state index contributed by atoms with van der Waals surface area (Å²) in [6.45, 7) is 0.582. The molecule has 1 aliphatic heterocycles. The maximum Gasteiger partial charge on any atom is 0.227 e. The first kappa shape index (κ1) is 19.3. The van der Waals surface area contributed by atoms with Crippen molar-refractivity contribution >= 4 is 40.1 Å². The molecule has 0 spiro atoms. The number of anilines is 1. The second kappa shape index (κ2) is 7.75. The number of aromatic nitrogens is 2. The molecule has 0 saturated carbocycles. The smallest absolute Gasteiger partial charge is 0.227 e. The Labute approximate surface area is 173 Å². The third-order valence-corrected chi connectivity index (χ3v) is 5.46. The van der Waals surface area contributed by atoms with Gasteiger partial charge in [0.25, 0.3) is 0 Å². The number of rotatable bonds is 5. The van der Waals surface area contributed by atoms with Crippen molar-refractivity contribution in [1.29, 1.82) is 0 Å². The molecule has 29 heavy (non-hydrogen) atoms. The zero-order valence-electron chi connectivity index (χ0n) is 16.2. The van der Waals surface area contributed by atoms with Crippen LogP contribution in [0, 0.1) is 5.92 Å². The molecule has 1 fully saturated rings. The van der Waals surface area contributed by atoms with Crippen molar-refractivity contribution in [3.05, 3.63) is 53.3 Å². The fraction of sp³-hybridized carbons (Fsp3) is 0.286. The lowest BCUT2D eigenvalue weighted by molar-refractivity contribution is -0.126. The normalized spacial score (nSPS) is 16.4. The molecule has 3 aromatic rings. The molecule has 1 atom stereocenters. The molecular formula is C21H21ClN4O3. The van der Waals surface area contributed by atoms with E-state index < -0.39 is 5.92 Å². The minimum absolute atomic E-state index is 0.131. The van der Waals surface area contributed by atoms with Gasteiger partial charge in [0.15, 0.2) is 0 Å². The second-order valence-electron chi connectivity index (χ2n) is 7.02. The predicted molar refractivity (Wildman–Crippen MR) is 111 cm³/mol. The lowest BCUT2D eigenvalue weighted by Crippen LogP contribution is -2.33. The number of imidazole rings is 1. The molecule has 1 aromatic heterocycles. The van der Waals surface area contributed by atoms with Gasteiger partial charge in [0.2, 0.25) is 11.8 Å². The van der Waals surface area contributed by atoms with Crippen LogP contribution in [-0.4, -0.2) is 35.0 Å². The third-order valence-electron chi connectivity index (χ3n) is 5.23. The molecule has 150 valence electrons. The van der Waals surface area contributed by atoms with E-state index in [4.69, 9.17) is 16.3 Å². The Morgan fingerprint density at radius 1 is 1.31 bits per heavy atom. The highest BCUT2D eigenvalue weighted by Crippen LogP contribution is 2.35. The number of carbonyl (C=O) groups is 2. The number of halogens is 1. The Balaban J connectivity index is 1.45. The van der Waals surface area contributed by atoms with Crippen molar-refractivity contribution in [1.82, 2.24) is 14.9 Å². The number of ether oxygens (including phenoxy) is 1. The Bertz CT molecular complexity index is 1090. The summed E-state index contributed by atoms with van der Waals surface area (Å²) in [5.41, 5.74) is 2.47. The van der Waals surface area contributed by atoms with Crippen molar-refractivity contribution in [2.75, 3.05) is 18.6 Å². The number of methoxy groups -OCH3 is 1. The lowest BCUT2D eigenvalue weighted by atomic mass is 10.1. The second-order valence-corrected chi connectivity index (χ2v) is 7.45. The molecule has 1 unspecified atom stereocenters. The molecule has 7 nitrogen and oxygen atoms in total. The van der Waals surface area contributed by atoms with Crippen LogP contribution in [0.3, 0.4) is 0 Å². The van der Waals surface area contributed by atoms with Crippen molar-refractivity contribution in [2.45, 2.75) is 13.0 Å². The molecule has 1 saturated heterocycles. The van der Waals surface area contributed by atoms with Gasteiger partial charge in [-0.2, -0.15) is 0 Å². The van der Waals surface area contributed by atoms with Gasteiger partial charge in [-0.25, -0.2) is 4.98 Å². The molecule has 1 aliphatic rings. The minimum Gasteiger partial charge on any atom is -0.495 e. The average molecular weight is 413 g/mol. The van der Waals surface area contributed by atoms with Gasteiger partial charge in [0.1, 0.15) is 11.6 Å². The SMILES string of the molecule is COc1ccc(Cl)cc1N1CC(C(=O)NCc2nc3ccccc3n2C)CC1=O. The highest BCUT2D eigenvalue weighted by atomic mass is 35.5. The zero-order chi connectivity index (χ0) is 20.5. The molecule has 8 heteroatoms. The van der Waals surface area contributed by atoms with Gasteiger partial charge in [0, 0.05) is 25.0 Å². The van der Waals surface area contributed by atoms with E-state index >= 15 is 0 Å². The number of amides is 2. The van der Waals surface area contributed by atoms with E-state index in [2.05, 4.69) is 10.3 Å². The fourth-order valence-electron chi connectivity index (χ4n) is 3.65. The molecular weight excluding hydrogens is 392 g/mol. The maximum atomic E-state index is 12.7. The number of benzene rings is 2. The van der Waals surface area contributed by atoms with E-state index in [9.17, 15) is 9.59 Å².